The topological polar surface area (TPSA) is 0 Å². The predicted molar refractivity (Wildman–Crippen MR) is 152 cm³/mol. The van der Waals surface area contributed by atoms with Gasteiger partial charge in [-0.1, -0.05) is 71.3 Å². The third-order valence-corrected chi connectivity index (χ3v) is 17.8. The highest BCUT2D eigenvalue weighted by Crippen LogP contribution is 2.80. The summed E-state index contributed by atoms with van der Waals surface area (Å²) < 4.78 is 2.47. The predicted octanol–water partition coefficient (Wildman–Crippen LogP) is 10.1. The van der Waals surface area contributed by atoms with Gasteiger partial charge in [0, 0.05) is 29.3 Å². The third-order valence-electron chi connectivity index (χ3n) is 5.36. The van der Waals surface area contributed by atoms with Gasteiger partial charge in [-0.25, -0.2) is 0 Å². The van der Waals surface area contributed by atoms with E-state index < -0.39 is 0 Å². The first-order valence-corrected chi connectivity index (χ1v) is 17.2. The fourth-order valence-electron chi connectivity index (χ4n) is 3.91. The molecule has 0 aliphatic carbocycles. The van der Waals surface area contributed by atoms with Gasteiger partial charge in [-0.05, 0) is 61.0 Å². The lowest BCUT2D eigenvalue weighted by atomic mass is 10.2. The van der Waals surface area contributed by atoms with Crippen molar-refractivity contribution in [2.24, 2.45) is 0 Å². The van der Waals surface area contributed by atoms with E-state index >= 15 is 0 Å². The van der Waals surface area contributed by atoms with Gasteiger partial charge in [0.2, 0.25) is 0 Å². The highest BCUT2D eigenvalue weighted by Gasteiger charge is 2.63. The van der Waals surface area contributed by atoms with Crippen LogP contribution in [0.2, 0.25) is 0 Å². The molecule has 0 saturated carbocycles. The second-order valence-corrected chi connectivity index (χ2v) is 17.1. The van der Waals surface area contributed by atoms with Crippen molar-refractivity contribution in [3.8, 4) is 0 Å². The molecule has 0 bridgehead atoms. The Kier molecular flexibility index (Phi) is 6.21. The van der Waals surface area contributed by atoms with E-state index in [2.05, 4.69) is 132 Å². The smallest absolute Gasteiger partial charge is 0.131 e. The van der Waals surface area contributed by atoms with Crippen LogP contribution in [0.15, 0.2) is 101 Å². The van der Waals surface area contributed by atoms with E-state index in [0.29, 0.717) is 0 Å². The van der Waals surface area contributed by atoms with Crippen molar-refractivity contribution in [2.45, 2.75) is 36.2 Å². The number of benzene rings is 2. The van der Waals surface area contributed by atoms with Gasteiger partial charge in [0.1, 0.15) is 8.16 Å². The van der Waals surface area contributed by atoms with Crippen LogP contribution in [-0.4, -0.2) is 12.5 Å². The lowest BCUT2D eigenvalue weighted by molar-refractivity contribution is 0.823. The first-order chi connectivity index (χ1) is 15.7. The molecule has 2 aliphatic rings. The Morgan fingerprint density at radius 2 is 0.844 bits per heavy atom. The van der Waals surface area contributed by atoms with Crippen molar-refractivity contribution in [3.63, 3.8) is 0 Å². The zero-order chi connectivity index (χ0) is 21.8. The van der Waals surface area contributed by atoms with Crippen LogP contribution < -0.4 is 0 Å². The van der Waals surface area contributed by atoms with Gasteiger partial charge >= 0.3 is 0 Å². The highest BCUT2D eigenvalue weighted by atomic mass is 32.2. The number of thioether (sulfide) groups is 6. The second kappa shape index (κ2) is 8.86. The van der Waals surface area contributed by atoms with Gasteiger partial charge in [0.25, 0.3) is 0 Å². The Morgan fingerprint density at radius 3 is 1.12 bits per heavy atom. The van der Waals surface area contributed by atoms with Crippen molar-refractivity contribution in [1.82, 2.24) is 0 Å². The van der Waals surface area contributed by atoms with Crippen molar-refractivity contribution < 1.29 is 0 Å². The molecule has 0 spiro atoms. The molecule has 0 N–H and O–H groups in total. The quantitative estimate of drug-likeness (QED) is 0.220. The fraction of sp³-hybridized carbons (Fsp3) is 0.167. The van der Waals surface area contributed by atoms with Crippen LogP contribution in [0, 0.1) is 0 Å². The van der Waals surface area contributed by atoms with Crippen LogP contribution in [-0.2, 0) is 8.16 Å². The van der Waals surface area contributed by atoms with Gasteiger partial charge in [-0.3, -0.25) is 0 Å². The number of rotatable bonds is 5. The molecule has 4 heterocycles. The molecule has 2 aromatic carbocycles. The minimum atomic E-state index is -0.149. The van der Waals surface area contributed by atoms with Crippen LogP contribution in [0.4, 0.5) is 0 Å². The summed E-state index contributed by atoms with van der Waals surface area (Å²) in [6, 6.07) is 27.3. The highest BCUT2D eigenvalue weighted by molar-refractivity contribution is 8.26. The van der Waals surface area contributed by atoms with E-state index in [1.165, 1.54) is 37.8 Å². The summed E-state index contributed by atoms with van der Waals surface area (Å²) in [4.78, 5) is 8.51. The lowest BCUT2D eigenvalue weighted by Gasteiger charge is -2.42. The van der Waals surface area contributed by atoms with Crippen LogP contribution in [0.5, 0.6) is 0 Å². The molecule has 32 heavy (non-hydrogen) atoms. The SMILES string of the molecule is CSc1ccc(C2(C3(c4ccc(SC)s4)Sc4ccccc4S3)Sc3ccccc3S2)s1. The second-order valence-electron chi connectivity index (χ2n) is 7.18. The molecule has 0 nitrogen and oxygen atoms in total. The van der Waals surface area contributed by atoms with Crippen LogP contribution in [0.25, 0.3) is 0 Å². The summed E-state index contributed by atoms with van der Waals surface area (Å²) >= 11 is 15.9. The fourth-order valence-corrected chi connectivity index (χ4v) is 15.4. The molecule has 0 unspecified atom stereocenters. The average Bonchev–Trinajstić information content (AvgIpc) is 3.61. The van der Waals surface area contributed by atoms with Gasteiger partial charge < -0.3 is 0 Å². The maximum atomic E-state index is 2.39. The zero-order valence-electron chi connectivity index (χ0n) is 17.2. The molecule has 2 aliphatic heterocycles. The van der Waals surface area contributed by atoms with Gasteiger partial charge in [-0.2, -0.15) is 0 Å². The first-order valence-electron chi connectivity index (χ1n) is 9.90. The van der Waals surface area contributed by atoms with Crippen molar-refractivity contribution in [1.29, 1.82) is 0 Å². The van der Waals surface area contributed by atoms with Crippen molar-refractivity contribution >= 4 is 93.2 Å². The maximum absolute atomic E-state index is 2.39. The van der Waals surface area contributed by atoms with E-state index in [0.717, 1.165) is 0 Å². The summed E-state index contributed by atoms with van der Waals surface area (Å²) in [5.41, 5.74) is 0. The summed E-state index contributed by atoms with van der Waals surface area (Å²) in [5.74, 6) is 0. The molecule has 0 radical (unpaired) electrons. The van der Waals surface area contributed by atoms with Crippen molar-refractivity contribution in [2.75, 3.05) is 12.5 Å². The first kappa shape index (κ1) is 22.4. The van der Waals surface area contributed by atoms with E-state index in [-0.39, 0.29) is 8.16 Å². The molecule has 0 atom stereocenters. The number of fused-ring (bicyclic) bond motifs is 2. The molecule has 0 fully saturated rings. The van der Waals surface area contributed by atoms with E-state index in [4.69, 9.17) is 0 Å². The normalized spacial score (nSPS) is 17.9. The Bertz CT molecular complexity index is 1140. The summed E-state index contributed by atoms with van der Waals surface area (Å²) in [6.07, 6.45) is 4.36. The molecule has 0 amide bonds. The monoisotopic (exact) mass is 562 g/mol. The number of hydrogen-bond donors (Lipinski definition) is 0. The van der Waals surface area contributed by atoms with Crippen molar-refractivity contribution in [3.05, 3.63) is 82.6 Å². The van der Waals surface area contributed by atoms with Crippen LogP contribution in [0.3, 0.4) is 0 Å². The Labute approximate surface area is 222 Å². The Hall–Kier alpha value is -0.0600. The van der Waals surface area contributed by atoms with Crippen LogP contribution >= 0.6 is 93.2 Å². The Morgan fingerprint density at radius 1 is 0.500 bits per heavy atom. The number of hydrogen-bond acceptors (Lipinski definition) is 8. The molecular formula is C24H18S8. The molecular weight excluding hydrogens is 545 g/mol. The van der Waals surface area contributed by atoms with E-state index in [1.54, 1.807) is 0 Å². The van der Waals surface area contributed by atoms with Gasteiger partial charge in [-0.15, -0.1) is 46.2 Å². The van der Waals surface area contributed by atoms with E-state index in [9.17, 15) is 0 Å². The van der Waals surface area contributed by atoms with Gasteiger partial charge in [0.15, 0.2) is 0 Å². The van der Waals surface area contributed by atoms with Crippen LogP contribution in [0.1, 0.15) is 9.75 Å². The standard InChI is InChI=1S/C24H18S8/c1-25-21-13-11-19(27-21)23(29-15-7-3-4-8-16(15)30-23)24(20-12-14-22(26-2)28-20)31-17-9-5-6-10-18(17)32-24/h3-14H,1-2H3. The molecule has 6 rings (SSSR count). The zero-order valence-corrected chi connectivity index (χ0v) is 23.7. The molecule has 0 saturated heterocycles. The molecule has 4 aromatic rings. The average molecular weight is 563 g/mol. The molecule has 8 heteroatoms. The summed E-state index contributed by atoms with van der Waals surface area (Å²) in [7, 11) is 0. The van der Waals surface area contributed by atoms with E-state index in [1.807, 2.05) is 46.2 Å². The summed E-state index contributed by atoms with van der Waals surface area (Å²) in [5, 5.41) is 0. The summed E-state index contributed by atoms with van der Waals surface area (Å²) in [6.45, 7) is 0. The third kappa shape index (κ3) is 3.48. The number of thiophene rings is 2. The maximum Gasteiger partial charge on any atom is 0.134 e. The van der Waals surface area contributed by atoms with Gasteiger partial charge in [0.05, 0.1) is 8.42 Å². The molecule has 162 valence electrons. The Balaban J connectivity index is 1.60. The minimum absolute atomic E-state index is 0.149. The lowest BCUT2D eigenvalue weighted by Crippen LogP contribution is -2.35. The molecule has 2 aromatic heterocycles. The largest absolute Gasteiger partial charge is 0.134 e. The minimum Gasteiger partial charge on any atom is -0.131 e.